The van der Waals surface area contributed by atoms with Gasteiger partial charge < -0.3 is 16.2 Å². The van der Waals surface area contributed by atoms with Crippen LogP contribution in [0.15, 0.2) is 24.3 Å². The Bertz CT molecular complexity index is 546. The zero-order valence-electron chi connectivity index (χ0n) is 11.5. The van der Waals surface area contributed by atoms with E-state index in [-0.39, 0.29) is 24.7 Å². The third-order valence-electron chi connectivity index (χ3n) is 3.72. The predicted octanol–water partition coefficient (Wildman–Crippen LogP) is 0.236. The molecule has 2 amide bonds. The number of hydrogen-bond acceptors (Lipinski definition) is 3. The van der Waals surface area contributed by atoms with Crippen molar-refractivity contribution >= 4 is 17.8 Å². The van der Waals surface area contributed by atoms with Gasteiger partial charge in [-0.1, -0.05) is 24.3 Å². The third kappa shape index (κ3) is 3.81. The van der Waals surface area contributed by atoms with E-state index in [9.17, 15) is 14.4 Å². The fourth-order valence-corrected chi connectivity index (χ4v) is 2.58. The van der Waals surface area contributed by atoms with Crippen LogP contribution in [0.3, 0.4) is 0 Å². The van der Waals surface area contributed by atoms with Gasteiger partial charge in [0.15, 0.2) is 0 Å². The molecule has 0 aliphatic heterocycles. The summed E-state index contributed by atoms with van der Waals surface area (Å²) in [5.74, 6) is -2.27. The lowest BCUT2D eigenvalue weighted by Gasteiger charge is -2.16. The molecule has 1 aromatic rings. The second kappa shape index (κ2) is 6.39. The molecule has 0 saturated heterocycles. The minimum absolute atomic E-state index is 0.01000. The van der Waals surface area contributed by atoms with Gasteiger partial charge in [0, 0.05) is 12.3 Å². The zero-order chi connectivity index (χ0) is 15.4. The average molecular weight is 290 g/mol. The Labute approximate surface area is 122 Å². The summed E-state index contributed by atoms with van der Waals surface area (Å²) in [6.45, 7) is 0. The fourth-order valence-electron chi connectivity index (χ4n) is 2.58. The predicted molar refractivity (Wildman–Crippen MR) is 75.3 cm³/mol. The molecule has 0 heterocycles. The molecular weight excluding hydrogens is 272 g/mol. The number of hydrogen-bond donors (Lipinski definition) is 3. The van der Waals surface area contributed by atoms with Gasteiger partial charge in [-0.25, -0.2) is 4.79 Å². The van der Waals surface area contributed by atoms with Gasteiger partial charge in [-0.05, 0) is 30.4 Å². The van der Waals surface area contributed by atoms with Gasteiger partial charge in [0.05, 0.1) is 0 Å². The van der Waals surface area contributed by atoms with Crippen LogP contribution in [0.1, 0.15) is 24.0 Å². The Morgan fingerprint density at radius 1 is 1.24 bits per heavy atom. The molecule has 1 atom stereocenters. The summed E-state index contributed by atoms with van der Waals surface area (Å²) in [6, 6.07) is 6.72. The van der Waals surface area contributed by atoms with Gasteiger partial charge in [0.25, 0.3) is 0 Å². The van der Waals surface area contributed by atoms with Crippen molar-refractivity contribution in [3.63, 3.8) is 0 Å². The van der Waals surface area contributed by atoms with Crippen LogP contribution in [-0.2, 0) is 27.2 Å². The number of rotatable bonds is 6. The summed E-state index contributed by atoms with van der Waals surface area (Å²) in [5, 5.41) is 11.6. The third-order valence-corrected chi connectivity index (χ3v) is 3.72. The fraction of sp³-hybridized carbons (Fsp3) is 0.400. The number of carbonyl (C=O) groups excluding carboxylic acids is 2. The molecule has 4 N–H and O–H groups in total. The van der Waals surface area contributed by atoms with Gasteiger partial charge in [-0.15, -0.1) is 0 Å². The van der Waals surface area contributed by atoms with E-state index < -0.39 is 17.9 Å². The highest BCUT2D eigenvalue weighted by Crippen LogP contribution is 2.26. The number of nitrogens with one attached hydrogen (secondary N) is 1. The van der Waals surface area contributed by atoms with Crippen LogP contribution in [0.4, 0.5) is 0 Å². The summed E-state index contributed by atoms with van der Waals surface area (Å²) in [5.41, 5.74) is 7.26. The van der Waals surface area contributed by atoms with Crippen LogP contribution in [0, 0.1) is 5.92 Å². The smallest absolute Gasteiger partial charge is 0.326 e. The molecule has 6 heteroatoms. The van der Waals surface area contributed by atoms with Crippen LogP contribution in [0.2, 0.25) is 0 Å². The number of primary amides is 1. The molecule has 2 rings (SSSR count). The molecule has 0 saturated carbocycles. The molecule has 0 spiro atoms. The van der Waals surface area contributed by atoms with Gasteiger partial charge >= 0.3 is 5.97 Å². The average Bonchev–Trinajstić information content (AvgIpc) is 2.86. The van der Waals surface area contributed by atoms with E-state index in [1.165, 1.54) is 0 Å². The number of fused-ring (bicyclic) bond motifs is 1. The maximum absolute atomic E-state index is 12.2. The molecule has 1 aliphatic rings. The van der Waals surface area contributed by atoms with Crippen molar-refractivity contribution in [3.05, 3.63) is 35.4 Å². The summed E-state index contributed by atoms with van der Waals surface area (Å²) >= 11 is 0. The first-order valence-corrected chi connectivity index (χ1v) is 6.85. The first-order chi connectivity index (χ1) is 9.97. The molecule has 21 heavy (non-hydrogen) atoms. The summed E-state index contributed by atoms with van der Waals surface area (Å²) < 4.78 is 0. The van der Waals surface area contributed by atoms with Crippen molar-refractivity contribution in [1.29, 1.82) is 0 Å². The van der Waals surface area contributed by atoms with Crippen molar-refractivity contribution in [2.45, 2.75) is 31.7 Å². The molecular formula is C15H18N2O4. The van der Waals surface area contributed by atoms with E-state index in [2.05, 4.69) is 5.32 Å². The second-order valence-corrected chi connectivity index (χ2v) is 5.28. The lowest BCUT2D eigenvalue weighted by atomic mass is 10.0. The minimum atomic E-state index is -1.15. The Hall–Kier alpha value is -2.37. The van der Waals surface area contributed by atoms with E-state index in [1.54, 1.807) is 0 Å². The topological polar surface area (TPSA) is 109 Å². The summed E-state index contributed by atoms with van der Waals surface area (Å²) in [7, 11) is 0. The summed E-state index contributed by atoms with van der Waals surface area (Å²) in [6.07, 6.45) is 1.17. The highest BCUT2D eigenvalue weighted by atomic mass is 16.4. The van der Waals surface area contributed by atoms with E-state index in [1.807, 2.05) is 24.3 Å². The molecule has 0 radical (unpaired) electrons. The first-order valence-electron chi connectivity index (χ1n) is 6.85. The Morgan fingerprint density at radius 2 is 1.81 bits per heavy atom. The highest BCUT2D eigenvalue weighted by Gasteiger charge is 2.30. The van der Waals surface area contributed by atoms with Crippen molar-refractivity contribution in [3.8, 4) is 0 Å². The molecule has 112 valence electrons. The number of aliphatic carboxylic acids is 1. The van der Waals surface area contributed by atoms with Crippen LogP contribution >= 0.6 is 0 Å². The first kappa shape index (κ1) is 15.0. The Kier molecular flexibility index (Phi) is 4.57. The molecule has 0 unspecified atom stereocenters. The van der Waals surface area contributed by atoms with E-state index in [0.717, 1.165) is 11.1 Å². The molecule has 0 bridgehead atoms. The second-order valence-electron chi connectivity index (χ2n) is 5.28. The highest BCUT2D eigenvalue weighted by molar-refractivity contribution is 5.86. The van der Waals surface area contributed by atoms with E-state index >= 15 is 0 Å². The van der Waals surface area contributed by atoms with Crippen LogP contribution in [0.5, 0.6) is 0 Å². The lowest BCUT2D eigenvalue weighted by Crippen LogP contribution is -2.44. The minimum Gasteiger partial charge on any atom is -0.480 e. The monoisotopic (exact) mass is 290 g/mol. The normalized spacial score (nSPS) is 15.2. The maximum Gasteiger partial charge on any atom is 0.326 e. The number of carboxylic acids is 1. The molecule has 1 aromatic carbocycles. The standard InChI is InChI=1S/C15H18N2O4/c16-13(18)6-5-12(15(20)21)17-14(19)11-7-9-3-1-2-4-10(9)8-11/h1-4,11-12H,5-8H2,(H2,16,18)(H,17,19)(H,20,21)/t12-/m1/s1. The van der Waals surface area contributed by atoms with Crippen molar-refractivity contribution < 1.29 is 19.5 Å². The van der Waals surface area contributed by atoms with E-state index in [0.29, 0.717) is 12.8 Å². The van der Waals surface area contributed by atoms with Crippen LogP contribution in [0.25, 0.3) is 0 Å². The molecule has 6 nitrogen and oxygen atoms in total. The van der Waals surface area contributed by atoms with Gasteiger partial charge in [-0.2, -0.15) is 0 Å². The largest absolute Gasteiger partial charge is 0.480 e. The number of carboxylic acid groups (broad SMARTS) is 1. The number of nitrogens with two attached hydrogens (primary N) is 1. The molecule has 1 aliphatic carbocycles. The van der Waals surface area contributed by atoms with E-state index in [4.69, 9.17) is 10.8 Å². The Balaban J connectivity index is 1.94. The zero-order valence-corrected chi connectivity index (χ0v) is 11.5. The molecule has 0 aromatic heterocycles. The number of amides is 2. The molecule has 0 fully saturated rings. The van der Waals surface area contributed by atoms with Crippen molar-refractivity contribution in [2.75, 3.05) is 0 Å². The SMILES string of the molecule is NC(=O)CC[C@@H](NC(=O)C1Cc2ccccc2C1)C(=O)O. The lowest BCUT2D eigenvalue weighted by molar-refractivity contribution is -0.142. The van der Waals surface area contributed by atoms with Crippen molar-refractivity contribution in [2.24, 2.45) is 11.7 Å². The van der Waals surface area contributed by atoms with Crippen LogP contribution in [-0.4, -0.2) is 28.9 Å². The maximum atomic E-state index is 12.2. The number of benzene rings is 1. The Morgan fingerprint density at radius 3 is 2.29 bits per heavy atom. The van der Waals surface area contributed by atoms with Gasteiger partial charge in [-0.3, -0.25) is 9.59 Å². The van der Waals surface area contributed by atoms with Crippen LogP contribution < -0.4 is 11.1 Å². The van der Waals surface area contributed by atoms with Gasteiger partial charge in [0.1, 0.15) is 6.04 Å². The van der Waals surface area contributed by atoms with Gasteiger partial charge in [0.2, 0.25) is 11.8 Å². The quantitative estimate of drug-likeness (QED) is 0.697. The summed E-state index contributed by atoms with van der Waals surface area (Å²) in [4.78, 5) is 34.0. The van der Waals surface area contributed by atoms with Crippen molar-refractivity contribution in [1.82, 2.24) is 5.32 Å². The number of carbonyl (C=O) groups is 3.